The molecule has 6 nitrogen and oxygen atoms in total. The smallest absolute Gasteiger partial charge is 0.338 e. The lowest BCUT2D eigenvalue weighted by atomic mass is 10.0. The maximum atomic E-state index is 12.2. The number of sulfonamides is 1. The predicted molar refractivity (Wildman–Crippen MR) is 109 cm³/mol. The molecule has 0 fully saturated rings. The van der Waals surface area contributed by atoms with Crippen LogP contribution in [-0.2, 0) is 21.2 Å². The van der Waals surface area contributed by atoms with E-state index in [2.05, 4.69) is 13.8 Å². The monoisotopic (exact) mass is 403 g/mol. The zero-order chi connectivity index (χ0) is 20.9. The molecule has 0 saturated heterocycles. The number of carbonyl (C=O) groups is 2. The van der Waals surface area contributed by atoms with Crippen LogP contribution in [-0.4, -0.2) is 40.1 Å². The molecule has 0 spiro atoms. The largest absolute Gasteiger partial charge is 0.454 e. The molecule has 2 rings (SSSR count). The second-order valence-electron chi connectivity index (χ2n) is 7.07. The molecule has 0 aliphatic carbocycles. The lowest BCUT2D eigenvalue weighted by Gasteiger charge is -2.16. The first-order chi connectivity index (χ1) is 13.1. The van der Waals surface area contributed by atoms with E-state index in [0.29, 0.717) is 22.7 Å². The molecule has 150 valence electrons. The van der Waals surface area contributed by atoms with Gasteiger partial charge < -0.3 is 4.74 Å². The van der Waals surface area contributed by atoms with E-state index >= 15 is 0 Å². The van der Waals surface area contributed by atoms with Gasteiger partial charge in [-0.1, -0.05) is 26.0 Å². The van der Waals surface area contributed by atoms with Gasteiger partial charge in [0.15, 0.2) is 12.4 Å². The Morgan fingerprint density at radius 1 is 0.964 bits per heavy atom. The molecule has 0 radical (unpaired) electrons. The van der Waals surface area contributed by atoms with Gasteiger partial charge in [-0.05, 0) is 54.3 Å². The van der Waals surface area contributed by atoms with E-state index in [9.17, 15) is 18.0 Å². The number of hydrogen-bond acceptors (Lipinski definition) is 5. The highest BCUT2D eigenvalue weighted by molar-refractivity contribution is 7.92. The Kier molecular flexibility index (Phi) is 6.96. The standard InChI is InChI=1S/C21H25NO5S/c1-15(2)13-16-5-7-18(8-6-16)21(24)27-14-20(23)17-9-11-19(12-10-17)22(3)28(4,25)26/h5-12,15H,13-14H2,1-4H3. The maximum Gasteiger partial charge on any atom is 0.338 e. The van der Waals surface area contributed by atoms with Crippen LogP contribution in [0.4, 0.5) is 5.69 Å². The fourth-order valence-electron chi connectivity index (χ4n) is 2.59. The number of esters is 1. The molecule has 2 aromatic rings. The minimum Gasteiger partial charge on any atom is -0.454 e. The van der Waals surface area contributed by atoms with E-state index in [1.807, 2.05) is 12.1 Å². The number of rotatable bonds is 8. The van der Waals surface area contributed by atoms with Crippen LogP contribution in [0, 0.1) is 5.92 Å². The molecule has 0 aliphatic rings. The zero-order valence-electron chi connectivity index (χ0n) is 16.5. The Hall–Kier alpha value is -2.67. The van der Waals surface area contributed by atoms with Gasteiger partial charge in [-0.2, -0.15) is 0 Å². The van der Waals surface area contributed by atoms with Crippen molar-refractivity contribution in [2.75, 3.05) is 24.2 Å². The third-order valence-electron chi connectivity index (χ3n) is 4.22. The third kappa shape index (κ3) is 5.92. The van der Waals surface area contributed by atoms with E-state index in [-0.39, 0.29) is 12.4 Å². The number of Topliss-reactive ketones (excluding diaryl/α,β-unsaturated/α-hetero) is 1. The number of ketones is 1. The molecule has 0 unspecified atom stereocenters. The highest BCUT2D eigenvalue weighted by Crippen LogP contribution is 2.17. The van der Waals surface area contributed by atoms with Crippen molar-refractivity contribution >= 4 is 27.5 Å². The molecule has 0 bridgehead atoms. The molecular weight excluding hydrogens is 378 g/mol. The number of carbonyl (C=O) groups excluding carboxylic acids is 2. The first kappa shape index (κ1) is 21.6. The van der Waals surface area contributed by atoms with Crippen LogP contribution >= 0.6 is 0 Å². The highest BCUT2D eigenvalue weighted by Gasteiger charge is 2.15. The Morgan fingerprint density at radius 3 is 2.00 bits per heavy atom. The Labute approximate surface area is 166 Å². The maximum absolute atomic E-state index is 12.2. The van der Waals surface area contributed by atoms with Crippen molar-refractivity contribution in [3.63, 3.8) is 0 Å². The van der Waals surface area contributed by atoms with Gasteiger partial charge in [0.1, 0.15) is 0 Å². The number of ether oxygens (including phenoxy) is 1. The number of benzene rings is 2. The van der Waals surface area contributed by atoms with Gasteiger partial charge in [-0.3, -0.25) is 9.10 Å². The van der Waals surface area contributed by atoms with Crippen LogP contribution in [0.5, 0.6) is 0 Å². The van der Waals surface area contributed by atoms with Crippen molar-refractivity contribution in [3.05, 3.63) is 65.2 Å². The molecule has 0 aliphatic heterocycles. The SMILES string of the molecule is CC(C)Cc1ccc(C(=O)OCC(=O)c2ccc(N(C)S(C)(=O)=O)cc2)cc1. The molecule has 0 saturated carbocycles. The zero-order valence-corrected chi connectivity index (χ0v) is 17.3. The molecule has 0 aromatic heterocycles. The van der Waals surface area contributed by atoms with Crippen LogP contribution in [0.3, 0.4) is 0 Å². The normalized spacial score (nSPS) is 11.3. The van der Waals surface area contributed by atoms with Crippen molar-refractivity contribution < 1.29 is 22.7 Å². The fraction of sp³-hybridized carbons (Fsp3) is 0.333. The topological polar surface area (TPSA) is 80.8 Å². The van der Waals surface area contributed by atoms with Crippen LogP contribution in [0.2, 0.25) is 0 Å². The summed E-state index contributed by atoms with van der Waals surface area (Å²) in [5.74, 6) is -0.393. The van der Waals surface area contributed by atoms with Crippen molar-refractivity contribution in [2.24, 2.45) is 5.92 Å². The summed E-state index contributed by atoms with van der Waals surface area (Å²) in [7, 11) is -1.94. The van der Waals surface area contributed by atoms with E-state index in [0.717, 1.165) is 22.5 Å². The quantitative estimate of drug-likeness (QED) is 0.499. The molecule has 28 heavy (non-hydrogen) atoms. The second-order valence-corrected chi connectivity index (χ2v) is 9.09. The number of anilines is 1. The number of nitrogens with zero attached hydrogens (tertiary/aromatic N) is 1. The summed E-state index contributed by atoms with van der Waals surface area (Å²) < 4.78 is 29.3. The first-order valence-electron chi connectivity index (χ1n) is 8.91. The molecule has 0 amide bonds. The second kappa shape index (κ2) is 9.01. The van der Waals surface area contributed by atoms with Crippen LogP contribution in [0.1, 0.15) is 40.1 Å². The molecule has 7 heteroatoms. The Balaban J connectivity index is 1.95. The summed E-state index contributed by atoms with van der Waals surface area (Å²) in [5.41, 5.74) is 2.32. The minimum absolute atomic E-state index is 0.339. The average Bonchev–Trinajstić information content (AvgIpc) is 2.64. The summed E-state index contributed by atoms with van der Waals surface area (Å²) >= 11 is 0. The van der Waals surface area contributed by atoms with Gasteiger partial charge in [0.25, 0.3) is 0 Å². The van der Waals surface area contributed by atoms with E-state index in [1.54, 1.807) is 12.1 Å². The van der Waals surface area contributed by atoms with Crippen molar-refractivity contribution in [1.82, 2.24) is 0 Å². The molecule has 0 heterocycles. The lowest BCUT2D eigenvalue weighted by molar-refractivity contribution is 0.0474. The van der Waals surface area contributed by atoms with E-state index in [4.69, 9.17) is 4.74 Å². The molecule has 0 atom stereocenters. The van der Waals surface area contributed by atoms with Gasteiger partial charge in [-0.15, -0.1) is 0 Å². The van der Waals surface area contributed by atoms with Crippen molar-refractivity contribution in [1.29, 1.82) is 0 Å². The highest BCUT2D eigenvalue weighted by atomic mass is 32.2. The van der Waals surface area contributed by atoms with Crippen molar-refractivity contribution in [2.45, 2.75) is 20.3 Å². The van der Waals surface area contributed by atoms with Crippen LogP contribution in [0.25, 0.3) is 0 Å². The average molecular weight is 404 g/mol. The van der Waals surface area contributed by atoms with E-state index in [1.165, 1.54) is 31.3 Å². The Bertz CT molecular complexity index is 932. The minimum atomic E-state index is -3.37. The third-order valence-corrected chi connectivity index (χ3v) is 5.42. The molecular formula is C21H25NO5S. The van der Waals surface area contributed by atoms with Crippen molar-refractivity contribution in [3.8, 4) is 0 Å². The van der Waals surface area contributed by atoms with Gasteiger partial charge in [0.05, 0.1) is 17.5 Å². The van der Waals surface area contributed by atoms with Crippen LogP contribution < -0.4 is 4.31 Å². The summed E-state index contributed by atoms with van der Waals surface area (Å²) in [4.78, 5) is 24.3. The van der Waals surface area contributed by atoms with Gasteiger partial charge >= 0.3 is 5.97 Å². The van der Waals surface area contributed by atoms with Gasteiger partial charge in [-0.25, -0.2) is 13.2 Å². The lowest BCUT2D eigenvalue weighted by Crippen LogP contribution is -2.24. The molecule has 0 N–H and O–H groups in total. The Morgan fingerprint density at radius 2 is 1.50 bits per heavy atom. The predicted octanol–water partition coefficient (Wildman–Crippen LogP) is 3.32. The summed E-state index contributed by atoms with van der Waals surface area (Å²) in [6.07, 6.45) is 2.03. The summed E-state index contributed by atoms with van der Waals surface area (Å²) in [6, 6.07) is 13.2. The summed E-state index contributed by atoms with van der Waals surface area (Å²) in [6.45, 7) is 3.87. The van der Waals surface area contributed by atoms with Gasteiger partial charge in [0, 0.05) is 12.6 Å². The van der Waals surface area contributed by atoms with Crippen LogP contribution in [0.15, 0.2) is 48.5 Å². The van der Waals surface area contributed by atoms with Gasteiger partial charge in [0.2, 0.25) is 10.0 Å². The fourth-order valence-corrected chi connectivity index (χ4v) is 3.10. The van der Waals surface area contributed by atoms with E-state index < -0.39 is 16.0 Å². The molecule has 2 aromatic carbocycles. The summed E-state index contributed by atoms with van der Waals surface area (Å²) in [5, 5.41) is 0. The number of hydrogen-bond donors (Lipinski definition) is 0. The first-order valence-corrected chi connectivity index (χ1v) is 10.8.